The van der Waals surface area contributed by atoms with Crippen molar-refractivity contribution >= 4 is 27.9 Å². The molecule has 0 atom stereocenters. The Bertz CT molecular complexity index is 1080. The number of ether oxygens (including phenoxy) is 4. The second-order valence-electron chi connectivity index (χ2n) is 7.03. The standard InChI is InChI=1S/C25H25BrN2O5/c1-30-21-10-7-19(8-11-21)16-33-25(29)28-24(27)20-9-12-22(23(13-20)31-2)32-15-18-5-3-17(14-26)4-6-18/h3-13H,14-16H2,1-2H3,(H2,27,28,29). The summed E-state index contributed by atoms with van der Waals surface area (Å²) in [5, 5.41) is 11.4. The summed E-state index contributed by atoms with van der Waals surface area (Å²) in [6, 6.07) is 20.3. The van der Waals surface area contributed by atoms with Gasteiger partial charge < -0.3 is 18.9 Å². The summed E-state index contributed by atoms with van der Waals surface area (Å²) in [5.74, 6) is 1.62. The molecule has 2 N–H and O–H groups in total. The lowest BCUT2D eigenvalue weighted by molar-refractivity contribution is 0.145. The molecule has 0 aromatic heterocycles. The van der Waals surface area contributed by atoms with Crippen molar-refractivity contribution < 1.29 is 23.7 Å². The van der Waals surface area contributed by atoms with Gasteiger partial charge in [0.25, 0.3) is 0 Å². The molecule has 0 aliphatic heterocycles. The van der Waals surface area contributed by atoms with Gasteiger partial charge in [0.2, 0.25) is 0 Å². The van der Waals surface area contributed by atoms with Crippen LogP contribution in [0.1, 0.15) is 22.3 Å². The molecule has 0 heterocycles. The zero-order valence-corrected chi connectivity index (χ0v) is 20.0. The average molecular weight is 513 g/mol. The van der Waals surface area contributed by atoms with Gasteiger partial charge in [-0.25, -0.2) is 4.79 Å². The van der Waals surface area contributed by atoms with E-state index in [1.807, 2.05) is 24.3 Å². The van der Waals surface area contributed by atoms with Gasteiger partial charge in [0, 0.05) is 10.9 Å². The Labute approximate surface area is 201 Å². The van der Waals surface area contributed by atoms with Crippen LogP contribution in [-0.2, 0) is 23.3 Å². The molecule has 0 unspecified atom stereocenters. The fraction of sp³-hybridized carbons (Fsp3) is 0.200. The van der Waals surface area contributed by atoms with Crippen molar-refractivity contribution in [2.24, 2.45) is 0 Å². The molecule has 0 saturated heterocycles. The van der Waals surface area contributed by atoms with E-state index < -0.39 is 6.09 Å². The molecule has 0 aliphatic carbocycles. The van der Waals surface area contributed by atoms with Crippen molar-refractivity contribution in [1.29, 1.82) is 5.41 Å². The highest BCUT2D eigenvalue weighted by molar-refractivity contribution is 9.08. The zero-order valence-electron chi connectivity index (χ0n) is 18.4. The minimum atomic E-state index is -0.720. The Morgan fingerprint density at radius 2 is 1.48 bits per heavy atom. The molecule has 33 heavy (non-hydrogen) atoms. The summed E-state index contributed by atoms with van der Waals surface area (Å²) in [7, 11) is 3.11. The van der Waals surface area contributed by atoms with Gasteiger partial charge in [0.15, 0.2) is 11.5 Å². The molecule has 0 fully saturated rings. The first-order valence-electron chi connectivity index (χ1n) is 10.1. The van der Waals surface area contributed by atoms with Gasteiger partial charge in [-0.1, -0.05) is 52.3 Å². The molecule has 0 spiro atoms. The topological polar surface area (TPSA) is 89.9 Å². The predicted octanol–water partition coefficient (Wildman–Crippen LogP) is 5.43. The third-order valence-electron chi connectivity index (χ3n) is 4.78. The number of hydrogen-bond acceptors (Lipinski definition) is 6. The highest BCUT2D eigenvalue weighted by Crippen LogP contribution is 2.29. The van der Waals surface area contributed by atoms with Gasteiger partial charge >= 0.3 is 6.09 Å². The van der Waals surface area contributed by atoms with Gasteiger partial charge in [-0.05, 0) is 47.0 Å². The van der Waals surface area contributed by atoms with E-state index in [0.29, 0.717) is 23.7 Å². The van der Waals surface area contributed by atoms with Crippen LogP contribution in [0.25, 0.3) is 0 Å². The normalized spacial score (nSPS) is 10.3. The van der Waals surface area contributed by atoms with Crippen LogP contribution < -0.4 is 19.5 Å². The maximum absolute atomic E-state index is 12.1. The second-order valence-corrected chi connectivity index (χ2v) is 7.59. The van der Waals surface area contributed by atoms with Crippen molar-refractivity contribution in [3.63, 3.8) is 0 Å². The minimum Gasteiger partial charge on any atom is -0.497 e. The number of carbonyl (C=O) groups is 1. The Kier molecular flexibility index (Phi) is 8.71. The van der Waals surface area contributed by atoms with Crippen LogP contribution in [0.4, 0.5) is 4.79 Å². The minimum absolute atomic E-state index is 0.0792. The molecule has 0 radical (unpaired) electrons. The van der Waals surface area contributed by atoms with Crippen molar-refractivity contribution in [3.05, 3.63) is 89.0 Å². The number of halogens is 1. The van der Waals surface area contributed by atoms with E-state index in [9.17, 15) is 4.79 Å². The number of amidine groups is 1. The molecule has 8 heteroatoms. The summed E-state index contributed by atoms with van der Waals surface area (Å²) >= 11 is 3.43. The van der Waals surface area contributed by atoms with Crippen LogP contribution in [0.2, 0.25) is 0 Å². The van der Waals surface area contributed by atoms with Crippen molar-refractivity contribution in [2.75, 3.05) is 14.2 Å². The average Bonchev–Trinajstić information content (AvgIpc) is 2.86. The lowest BCUT2D eigenvalue weighted by Crippen LogP contribution is -2.31. The predicted molar refractivity (Wildman–Crippen MR) is 130 cm³/mol. The SMILES string of the molecule is COc1ccc(COC(=O)NC(=N)c2ccc(OCc3ccc(CBr)cc3)c(OC)c2)cc1. The lowest BCUT2D eigenvalue weighted by Gasteiger charge is -2.13. The summed E-state index contributed by atoms with van der Waals surface area (Å²) < 4.78 is 21.6. The van der Waals surface area contributed by atoms with Crippen LogP contribution in [0.3, 0.4) is 0 Å². The maximum atomic E-state index is 12.1. The Morgan fingerprint density at radius 3 is 2.12 bits per heavy atom. The highest BCUT2D eigenvalue weighted by Gasteiger charge is 2.12. The molecular weight excluding hydrogens is 488 g/mol. The van der Waals surface area contributed by atoms with E-state index in [0.717, 1.165) is 22.2 Å². The van der Waals surface area contributed by atoms with E-state index in [2.05, 4.69) is 21.2 Å². The largest absolute Gasteiger partial charge is 0.497 e. The summed E-state index contributed by atoms with van der Waals surface area (Å²) in [5.41, 5.74) is 3.49. The number of alkyl halides is 1. The number of nitrogens with one attached hydrogen (secondary N) is 2. The quantitative estimate of drug-likeness (QED) is 0.226. The molecule has 0 aliphatic rings. The molecular formula is C25H25BrN2O5. The van der Waals surface area contributed by atoms with Crippen LogP contribution in [0, 0.1) is 5.41 Å². The second kappa shape index (κ2) is 11.9. The third-order valence-corrected chi connectivity index (χ3v) is 5.43. The molecule has 3 aromatic carbocycles. The Morgan fingerprint density at radius 1 is 0.848 bits per heavy atom. The number of hydrogen-bond donors (Lipinski definition) is 2. The van der Waals surface area contributed by atoms with Gasteiger partial charge in [-0.15, -0.1) is 0 Å². The first-order chi connectivity index (χ1) is 16.0. The summed E-state index contributed by atoms with van der Waals surface area (Å²) in [4.78, 5) is 12.1. The van der Waals surface area contributed by atoms with Crippen LogP contribution in [-0.4, -0.2) is 26.1 Å². The van der Waals surface area contributed by atoms with E-state index >= 15 is 0 Å². The fourth-order valence-corrected chi connectivity index (χ4v) is 3.28. The van der Waals surface area contributed by atoms with Crippen LogP contribution in [0.5, 0.6) is 17.2 Å². The van der Waals surface area contributed by atoms with E-state index in [1.165, 1.54) is 12.7 Å². The van der Waals surface area contributed by atoms with Gasteiger partial charge in [0.1, 0.15) is 24.8 Å². The zero-order chi connectivity index (χ0) is 23.6. The smallest absolute Gasteiger partial charge is 0.413 e. The molecule has 172 valence electrons. The number of methoxy groups -OCH3 is 2. The molecule has 7 nitrogen and oxygen atoms in total. The Balaban J connectivity index is 1.55. The molecule has 3 aromatic rings. The monoisotopic (exact) mass is 512 g/mol. The first-order valence-corrected chi connectivity index (χ1v) is 11.2. The maximum Gasteiger partial charge on any atom is 0.413 e. The molecule has 3 rings (SSSR count). The first kappa shape index (κ1) is 24.1. The number of carbonyl (C=O) groups excluding carboxylic acids is 1. The lowest BCUT2D eigenvalue weighted by atomic mass is 10.1. The van der Waals surface area contributed by atoms with Gasteiger partial charge in [-0.3, -0.25) is 10.7 Å². The van der Waals surface area contributed by atoms with E-state index in [-0.39, 0.29) is 12.4 Å². The highest BCUT2D eigenvalue weighted by atomic mass is 79.9. The summed E-state index contributed by atoms with van der Waals surface area (Å²) in [6.07, 6.45) is -0.720. The molecule has 0 saturated carbocycles. The summed E-state index contributed by atoms with van der Waals surface area (Å²) in [6.45, 7) is 0.460. The number of amides is 1. The van der Waals surface area contributed by atoms with Crippen LogP contribution in [0.15, 0.2) is 66.7 Å². The number of alkyl carbamates (subject to hydrolysis) is 1. The van der Waals surface area contributed by atoms with Gasteiger partial charge in [0.05, 0.1) is 14.2 Å². The number of rotatable bonds is 9. The fourth-order valence-electron chi connectivity index (χ4n) is 2.91. The van der Waals surface area contributed by atoms with Gasteiger partial charge in [-0.2, -0.15) is 0 Å². The van der Waals surface area contributed by atoms with Crippen LogP contribution >= 0.6 is 15.9 Å². The van der Waals surface area contributed by atoms with E-state index in [4.69, 9.17) is 24.4 Å². The number of benzene rings is 3. The van der Waals surface area contributed by atoms with E-state index in [1.54, 1.807) is 49.6 Å². The van der Waals surface area contributed by atoms with Crippen molar-refractivity contribution in [3.8, 4) is 17.2 Å². The molecule has 1 amide bonds. The molecule has 0 bridgehead atoms. The van der Waals surface area contributed by atoms with Crippen molar-refractivity contribution in [2.45, 2.75) is 18.5 Å². The third kappa shape index (κ3) is 6.98. The van der Waals surface area contributed by atoms with Crippen molar-refractivity contribution in [1.82, 2.24) is 5.32 Å². The Hall–Kier alpha value is -3.52.